The molecule has 0 aliphatic heterocycles. The quantitative estimate of drug-likeness (QED) is 0.536. The van der Waals surface area contributed by atoms with Crippen LogP contribution >= 0.6 is 0 Å². The Balaban J connectivity index is 2.93. The van der Waals surface area contributed by atoms with E-state index in [4.69, 9.17) is 0 Å². The molecular weight excluding hydrogens is 126 g/mol. The van der Waals surface area contributed by atoms with Gasteiger partial charge in [-0.1, -0.05) is 0 Å². The van der Waals surface area contributed by atoms with Gasteiger partial charge in [0.1, 0.15) is 0 Å². The summed E-state index contributed by atoms with van der Waals surface area (Å²) in [6, 6.07) is 2.02. The molecule has 0 radical (unpaired) electrons. The van der Waals surface area contributed by atoms with E-state index in [-0.39, 0.29) is 0 Å². The Morgan fingerprint density at radius 3 is 2.90 bits per heavy atom. The summed E-state index contributed by atoms with van der Waals surface area (Å²) in [5, 5.41) is 8.67. The molecule has 0 saturated carbocycles. The van der Waals surface area contributed by atoms with Gasteiger partial charge in [-0.15, -0.1) is 0 Å². The topological polar surface area (TPSA) is 30.7 Å². The van der Waals surface area contributed by atoms with Crippen LogP contribution < -0.4 is 0 Å². The van der Waals surface area contributed by atoms with Gasteiger partial charge in [-0.3, -0.25) is 0 Å². The zero-order valence-electron chi connectivity index (χ0n) is 5.65. The third-order valence-corrected chi connectivity index (χ3v) is 1.60. The maximum Gasteiger partial charge on any atom is 0.0739 e. The molecule has 0 saturated heterocycles. The number of aryl methyl sites for hydroxylation is 1. The van der Waals surface area contributed by atoms with Gasteiger partial charge in [-0.2, -0.15) is 10.2 Å². The fraction of sp³-hybridized carbons (Fsp3) is 0.143. The summed E-state index contributed by atoms with van der Waals surface area (Å²) in [4.78, 5) is 0. The molecule has 2 rings (SSSR count). The first-order valence-electron chi connectivity index (χ1n) is 3.09. The summed E-state index contributed by atoms with van der Waals surface area (Å²) in [6.07, 6.45) is 5.51. The van der Waals surface area contributed by atoms with E-state index in [1.54, 1.807) is 12.4 Å². The molecular formula is C7H7N3. The van der Waals surface area contributed by atoms with Crippen molar-refractivity contribution in [2.75, 3.05) is 0 Å². The molecule has 0 spiro atoms. The summed E-state index contributed by atoms with van der Waals surface area (Å²) in [5.74, 6) is 0. The molecule has 10 heavy (non-hydrogen) atoms. The summed E-state index contributed by atoms with van der Waals surface area (Å²) >= 11 is 0. The average molecular weight is 133 g/mol. The highest BCUT2D eigenvalue weighted by atomic mass is 15.1. The van der Waals surface area contributed by atoms with Gasteiger partial charge in [0.2, 0.25) is 0 Å². The number of nitrogens with zero attached hydrogens (tertiary/aromatic N) is 3. The second-order valence-electron chi connectivity index (χ2n) is 2.26. The number of hydrogen-bond acceptors (Lipinski definition) is 2. The normalized spacial score (nSPS) is 10.5. The van der Waals surface area contributed by atoms with Crippen LogP contribution in [-0.2, 0) is 7.05 Å². The molecule has 0 bridgehead atoms. The van der Waals surface area contributed by atoms with E-state index in [2.05, 4.69) is 10.2 Å². The van der Waals surface area contributed by atoms with Crippen LogP contribution in [-0.4, -0.2) is 14.8 Å². The third-order valence-electron chi connectivity index (χ3n) is 1.60. The molecule has 0 aromatic carbocycles. The number of hydrogen-bond donors (Lipinski definition) is 0. The molecule has 2 aromatic heterocycles. The van der Waals surface area contributed by atoms with E-state index in [0.29, 0.717) is 0 Å². The predicted octanol–water partition coefficient (Wildman–Crippen LogP) is 0.968. The molecule has 50 valence electrons. The Morgan fingerprint density at radius 1 is 1.30 bits per heavy atom. The van der Waals surface area contributed by atoms with Crippen molar-refractivity contribution in [2.24, 2.45) is 7.05 Å². The second kappa shape index (κ2) is 1.80. The Hall–Kier alpha value is -1.38. The zero-order valence-corrected chi connectivity index (χ0v) is 5.65. The van der Waals surface area contributed by atoms with Crippen molar-refractivity contribution in [1.29, 1.82) is 0 Å². The highest BCUT2D eigenvalue weighted by Gasteiger charge is 1.94. The number of rotatable bonds is 0. The summed E-state index contributed by atoms with van der Waals surface area (Å²) in [6.45, 7) is 0. The van der Waals surface area contributed by atoms with Crippen LogP contribution in [0.15, 0.2) is 24.7 Å². The van der Waals surface area contributed by atoms with E-state index in [1.807, 2.05) is 23.9 Å². The molecule has 0 fully saturated rings. The van der Waals surface area contributed by atoms with Crippen molar-refractivity contribution in [3.05, 3.63) is 24.7 Å². The lowest BCUT2D eigenvalue weighted by atomic mass is 10.4. The number of aromatic nitrogens is 3. The monoisotopic (exact) mass is 133 g/mol. The maximum atomic E-state index is 3.78. The molecule has 0 aliphatic rings. The van der Waals surface area contributed by atoms with E-state index in [9.17, 15) is 0 Å². The van der Waals surface area contributed by atoms with Gasteiger partial charge >= 0.3 is 0 Å². The van der Waals surface area contributed by atoms with Crippen LogP contribution in [0.5, 0.6) is 0 Å². The fourth-order valence-corrected chi connectivity index (χ4v) is 1.02. The van der Waals surface area contributed by atoms with Gasteiger partial charge < -0.3 is 4.57 Å². The molecule has 0 atom stereocenters. The van der Waals surface area contributed by atoms with E-state index >= 15 is 0 Å². The standard InChI is InChI=1S/C7H7N3/c1-10-3-2-6-4-8-9-5-7(6)10/h2-5H,1H3. The largest absolute Gasteiger partial charge is 0.349 e. The van der Waals surface area contributed by atoms with Gasteiger partial charge in [0.15, 0.2) is 0 Å². The fourth-order valence-electron chi connectivity index (χ4n) is 1.02. The molecule has 0 N–H and O–H groups in total. The minimum atomic E-state index is 1.12. The first-order valence-corrected chi connectivity index (χ1v) is 3.09. The lowest BCUT2D eigenvalue weighted by molar-refractivity contribution is 0.952. The minimum absolute atomic E-state index is 1.12. The summed E-state index contributed by atoms with van der Waals surface area (Å²) in [5.41, 5.74) is 1.12. The average Bonchev–Trinajstić information content (AvgIpc) is 2.34. The summed E-state index contributed by atoms with van der Waals surface area (Å²) in [7, 11) is 1.99. The first-order chi connectivity index (χ1) is 4.88. The molecule has 2 aromatic rings. The highest BCUT2D eigenvalue weighted by molar-refractivity contribution is 5.77. The van der Waals surface area contributed by atoms with Crippen LogP contribution in [0.25, 0.3) is 10.9 Å². The SMILES string of the molecule is Cn1ccc2cnncc21. The Labute approximate surface area is 58.3 Å². The molecule has 2 heterocycles. The van der Waals surface area contributed by atoms with E-state index in [1.165, 1.54) is 0 Å². The van der Waals surface area contributed by atoms with Crippen molar-refractivity contribution in [3.8, 4) is 0 Å². The Bertz CT molecular complexity index is 350. The molecule has 0 unspecified atom stereocenters. The van der Waals surface area contributed by atoms with E-state index in [0.717, 1.165) is 10.9 Å². The minimum Gasteiger partial charge on any atom is -0.349 e. The van der Waals surface area contributed by atoms with Gasteiger partial charge in [0.25, 0.3) is 0 Å². The third kappa shape index (κ3) is 0.603. The van der Waals surface area contributed by atoms with Gasteiger partial charge in [0, 0.05) is 18.6 Å². The summed E-state index contributed by atoms with van der Waals surface area (Å²) < 4.78 is 2.02. The highest BCUT2D eigenvalue weighted by Crippen LogP contribution is 2.09. The van der Waals surface area contributed by atoms with Crippen LogP contribution in [0.3, 0.4) is 0 Å². The Morgan fingerprint density at radius 2 is 2.10 bits per heavy atom. The van der Waals surface area contributed by atoms with Crippen molar-refractivity contribution in [3.63, 3.8) is 0 Å². The molecule has 0 amide bonds. The van der Waals surface area contributed by atoms with Gasteiger partial charge in [-0.25, -0.2) is 0 Å². The molecule has 3 heteroatoms. The predicted molar refractivity (Wildman–Crippen MR) is 38.5 cm³/mol. The van der Waals surface area contributed by atoms with Crippen LogP contribution in [0.4, 0.5) is 0 Å². The van der Waals surface area contributed by atoms with Gasteiger partial charge in [-0.05, 0) is 6.07 Å². The lowest BCUT2D eigenvalue weighted by Gasteiger charge is -1.90. The van der Waals surface area contributed by atoms with Crippen LogP contribution in [0.1, 0.15) is 0 Å². The van der Waals surface area contributed by atoms with Crippen molar-refractivity contribution in [2.45, 2.75) is 0 Å². The van der Waals surface area contributed by atoms with Crippen molar-refractivity contribution >= 4 is 10.9 Å². The van der Waals surface area contributed by atoms with Gasteiger partial charge in [0.05, 0.1) is 17.9 Å². The smallest absolute Gasteiger partial charge is 0.0739 e. The Kier molecular flexibility index (Phi) is 0.974. The zero-order chi connectivity index (χ0) is 6.97. The van der Waals surface area contributed by atoms with Crippen LogP contribution in [0.2, 0.25) is 0 Å². The maximum absolute atomic E-state index is 3.78. The van der Waals surface area contributed by atoms with Crippen molar-refractivity contribution < 1.29 is 0 Å². The number of fused-ring (bicyclic) bond motifs is 1. The lowest BCUT2D eigenvalue weighted by Crippen LogP contribution is -1.85. The van der Waals surface area contributed by atoms with Crippen LogP contribution in [0, 0.1) is 0 Å². The first kappa shape index (κ1) is 5.41. The van der Waals surface area contributed by atoms with Crippen molar-refractivity contribution in [1.82, 2.24) is 14.8 Å². The molecule has 3 nitrogen and oxygen atoms in total. The second-order valence-corrected chi connectivity index (χ2v) is 2.26. The van der Waals surface area contributed by atoms with E-state index < -0.39 is 0 Å². The molecule has 0 aliphatic carbocycles.